The van der Waals surface area contributed by atoms with Crippen LogP contribution in [-0.4, -0.2) is 18.9 Å². The van der Waals surface area contributed by atoms with Gasteiger partial charge in [-0.3, -0.25) is 4.57 Å². The zero-order valence-electron chi connectivity index (χ0n) is 15.0. The Hall–Kier alpha value is -0.830. The minimum atomic E-state index is -3.02. The molecule has 0 amide bonds. The molecule has 0 aliphatic heterocycles. The molecule has 126 valence electrons. The number of aromatic hydroxyl groups is 1. The molecule has 0 saturated carbocycles. The van der Waals surface area contributed by atoms with E-state index in [1.54, 1.807) is 0 Å². The number of benzene rings is 1. The lowest BCUT2D eigenvalue weighted by Crippen LogP contribution is -2.18. The highest BCUT2D eigenvalue weighted by atomic mass is 31.2. The zero-order chi connectivity index (χ0) is 17.3. The third-order valence-electron chi connectivity index (χ3n) is 3.58. The summed E-state index contributed by atoms with van der Waals surface area (Å²) >= 11 is 0. The van der Waals surface area contributed by atoms with Crippen molar-refractivity contribution in [3.05, 3.63) is 28.8 Å². The van der Waals surface area contributed by atoms with Gasteiger partial charge in [-0.15, -0.1) is 0 Å². The lowest BCUT2D eigenvalue weighted by molar-refractivity contribution is 0.230. The van der Waals surface area contributed by atoms with Crippen molar-refractivity contribution in [1.29, 1.82) is 0 Å². The molecule has 0 saturated heterocycles. The number of hydrogen-bond donors (Lipinski definition) is 1. The molecule has 5 heteroatoms. The Labute approximate surface area is 134 Å². The maximum atomic E-state index is 11.9. The van der Waals surface area contributed by atoms with Gasteiger partial charge in [0.05, 0.1) is 6.61 Å². The Morgan fingerprint density at radius 3 is 1.77 bits per heavy atom. The van der Waals surface area contributed by atoms with E-state index in [1.807, 2.05) is 12.1 Å². The first-order chi connectivity index (χ1) is 9.78. The Balaban J connectivity index is 3.33. The molecule has 1 unspecified atom stereocenters. The first-order valence-corrected chi connectivity index (χ1v) is 9.41. The standard InChI is InChI=1S/C17H29O4P/c1-16(2,3)13-9-12(11-21-22(8,19)20-7)10-14(15(13)18)17(4,5)6/h9-10,18H,11H2,1-8H3. The number of phenols is 1. The molecule has 0 fully saturated rings. The summed E-state index contributed by atoms with van der Waals surface area (Å²) in [4.78, 5) is 0. The van der Waals surface area contributed by atoms with Crippen LogP contribution in [-0.2, 0) is 31.0 Å². The first-order valence-electron chi connectivity index (χ1n) is 7.42. The van der Waals surface area contributed by atoms with E-state index in [9.17, 15) is 9.67 Å². The van der Waals surface area contributed by atoms with Gasteiger partial charge >= 0.3 is 7.60 Å². The Morgan fingerprint density at radius 2 is 1.45 bits per heavy atom. The number of hydrogen-bond acceptors (Lipinski definition) is 4. The average Bonchev–Trinajstić information content (AvgIpc) is 2.34. The van der Waals surface area contributed by atoms with E-state index < -0.39 is 7.60 Å². The normalized spacial score (nSPS) is 15.6. The van der Waals surface area contributed by atoms with Crippen molar-refractivity contribution < 1.29 is 18.7 Å². The third kappa shape index (κ3) is 4.84. The molecule has 4 nitrogen and oxygen atoms in total. The van der Waals surface area contributed by atoms with Crippen LogP contribution in [0.2, 0.25) is 0 Å². The maximum Gasteiger partial charge on any atom is 0.327 e. The van der Waals surface area contributed by atoms with E-state index in [1.165, 1.54) is 13.8 Å². The monoisotopic (exact) mass is 328 g/mol. The molecule has 1 aromatic carbocycles. The van der Waals surface area contributed by atoms with Crippen LogP contribution in [0, 0.1) is 0 Å². The van der Waals surface area contributed by atoms with Crippen LogP contribution >= 0.6 is 7.60 Å². The SMILES string of the molecule is COP(C)(=O)OCc1cc(C(C)(C)C)c(O)c(C(C)(C)C)c1. The van der Waals surface area contributed by atoms with Gasteiger partial charge < -0.3 is 14.2 Å². The molecule has 1 N–H and O–H groups in total. The third-order valence-corrected chi connectivity index (χ3v) is 4.84. The lowest BCUT2D eigenvalue weighted by Gasteiger charge is -2.28. The van der Waals surface area contributed by atoms with Gasteiger partial charge in [-0.05, 0) is 39.7 Å². The van der Waals surface area contributed by atoms with E-state index in [0.717, 1.165) is 16.7 Å². The quantitative estimate of drug-likeness (QED) is 0.793. The van der Waals surface area contributed by atoms with Crippen LogP contribution < -0.4 is 0 Å². The fraction of sp³-hybridized carbons (Fsp3) is 0.647. The average molecular weight is 328 g/mol. The minimum Gasteiger partial charge on any atom is -0.507 e. The highest BCUT2D eigenvalue weighted by Gasteiger charge is 2.27. The van der Waals surface area contributed by atoms with Gasteiger partial charge in [0, 0.05) is 13.8 Å². The molecule has 0 spiro atoms. The molecular weight excluding hydrogens is 299 g/mol. The summed E-state index contributed by atoms with van der Waals surface area (Å²) in [5.74, 6) is 0.329. The number of phenolic OH excluding ortho intramolecular Hbond substituents is 1. The zero-order valence-corrected chi connectivity index (χ0v) is 15.9. The molecule has 1 atom stereocenters. The summed E-state index contributed by atoms with van der Waals surface area (Å²) in [6.45, 7) is 14.0. The van der Waals surface area contributed by atoms with Crippen LogP contribution in [0.15, 0.2) is 12.1 Å². The van der Waals surface area contributed by atoms with Crippen molar-refractivity contribution in [1.82, 2.24) is 0 Å². The fourth-order valence-electron chi connectivity index (χ4n) is 2.17. The fourth-order valence-corrected chi connectivity index (χ4v) is 2.65. The molecule has 1 rings (SSSR count). The second kappa shape index (κ2) is 6.35. The Kier molecular flexibility index (Phi) is 5.55. The van der Waals surface area contributed by atoms with Crippen LogP contribution in [0.4, 0.5) is 0 Å². The molecular formula is C17H29O4P. The highest BCUT2D eigenvalue weighted by molar-refractivity contribution is 7.52. The summed E-state index contributed by atoms with van der Waals surface area (Å²) in [6, 6.07) is 3.83. The van der Waals surface area contributed by atoms with Crippen LogP contribution in [0.25, 0.3) is 0 Å². The van der Waals surface area contributed by atoms with Crippen molar-refractivity contribution >= 4 is 7.60 Å². The molecule has 0 heterocycles. The predicted molar refractivity (Wildman–Crippen MR) is 90.8 cm³/mol. The molecule has 0 radical (unpaired) electrons. The van der Waals surface area contributed by atoms with E-state index in [4.69, 9.17) is 9.05 Å². The smallest absolute Gasteiger partial charge is 0.327 e. The summed E-state index contributed by atoms with van der Waals surface area (Å²) in [6.07, 6.45) is 0. The molecule has 1 aromatic rings. The lowest BCUT2D eigenvalue weighted by atomic mass is 9.78. The van der Waals surface area contributed by atoms with Crippen molar-refractivity contribution in [2.45, 2.75) is 59.0 Å². The van der Waals surface area contributed by atoms with Gasteiger partial charge in [0.25, 0.3) is 0 Å². The van der Waals surface area contributed by atoms with Crippen molar-refractivity contribution in [3.8, 4) is 5.75 Å². The molecule has 22 heavy (non-hydrogen) atoms. The molecule has 0 aromatic heterocycles. The summed E-state index contributed by atoms with van der Waals surface area (Å²) in [7, 11) is -1.65. The summed E-state index contributed by atoms with van der Waals surface area (Å²) in [5.41, 5.74) is 2.21. The molecule has 0 aliphatic rings. The van der Waals surface area contributed by atoms with Gasteiger partial charge in [-0.1, -0.05) is 41.5 Å². The second-order valence-electron chi connectivity index (χ2n) is 7.77. The van der Waals surface area contributed by atoms with Crippen LogP contribution in [0.3, 0.4) is 0 Å². The Bertz CT molecular complexity index is 544. The largest absolute Gasteiger partial charge is 0.507 e. The van der Waals surface area contributed by atoms with E-state index in [2.05, 4.69) is 41.5 Å². The van der Waals surface area contributed by atoms with Gasteiger partial charge in [-0.2, -0.15) is 0 Å². The summed E-state index contributed by atoms with van der Waals surface area (Å²) in [5, 5.41) is 10.6. The first kappa shape index (κ1) is 19.2. The summed E-state index contributed by atoms with van der Waals surface area (Å²) < 4.78 is 22.1. The van der Waals surface area contributed by atoms with Crippen LogP contribution in [0.5, 0.6) is 5.75 Å². The van der Waals surface area contributed by atoms with Gasteiger partial charge in [0.1, 0.15) is 5.75 Å². The highest BCUT2D eigenvalue weighted by Crippen LogP contribution is 2.45. The van der Waals surface area contributed by atoms with Gasteiger partial charge in [0.2, 0.25) is 0 Å². The molecule has 0 bridgehead atoms. The van der Waals surface area contributed by atoms with Gasteiger partial charge in [-0.25, -0.2) is 0 Å². The minimum absolute atomic E-state index is 0.189. The van der Waals surface area contributed by atoms with Crippen LogP contribution in [0.1, 0.15) is 58.2 Å². The second-order valence-corrected chi connectivity index (χ2v) is 9.93. The van der Waals surface area contributed by atoms with Gasteiger partial charge in [0.15, 0.2) is 0 Å². The Morgan fingerprint density at radius 1 is 1.05 bits per heavy atom. The van der Waals surface area contributed by atoms with Crippen molar-refractivity contribution in [2.75, 3.05) is 13.8 Å². The number of rotatable bonds is 4. The van der Waals surface area contributed by atoms with Crippen molar-refractivity contribution in [3.63, 3.8) is 0 Å². The van der Waals surface area contributed by atoms with Crippen molar-refractivity contribution in [2.24, 2.45) is 0 Å². The van der Waals surface area contributed by atoms with E-state index in [-0.39, 0.29) is 17.4 Å². The predicted octanol–water partition coefficient (Wildman–Crippen LogP) is 4.97. The maximum absolute atomic E-state index is 11.9. The van der Waals surface area contributed by atoms with E-state index >= 15 is 0 Å². The topological polar surface area (TPSA) is 55.8 Å². The molecule has 0 aliphatic carbocycles. The van der Waals surface area contributed by atoms with E-state index in [0.29, 0.717) is 5.75 Å².